The summed E-state index contributed by atoms with van der Waals surface area (Å²) in [7, 11) is 0. The first kappa shape index (κ1) is 18.9. The highest BCUT2D eigenvalue weighted by molar-refractivity contribution is 5.95. The van der Waals surface area contributed by atoms with Crippen LogP contribution in [0.2, 0.25) is 0 Å². The lowest BCUT2D eigenvalue weighted by atomic mass is 10.1. The average Bonchev–Trinajstić information content (AvgIpc) is 3.38. The van der Waals surface area contributed by atoms with Gasteiger partial charge in [-0.05, 0) is 37.6 Å². The maximum atomic E-state index is 12.6. The number of hydrogen-bond donors (Lipinski definition) is 1. The topological polar surface area (TPSA) is 74.6 Å². The summed E-state index contributed by atoms with van der Waals surface area (Å²) in [5.74, 6) is 1.89. The van der Waals surface area contributed by atoms with Gasteiger partial charge >= 0.3 is 0 Å². The molecule has 1 aliphatic heterocycles. The van der Waals surface area contributed by atoms with Crippen LogP contribution in [0.5, 0.6) is 17.2 Å². The second-order valence-electron chi connectivity index (χ2n) is 6.73. The highest BCUT2D eigenvalue weighted by Gasteiger charge is 2.17. The van der Waals surface area contributed by atoms with Gasteiger partial charge in [0.2, 0.25) is 6.79 Å². The van der Waals surface area contributed by atoms with Gasteiger partial charge in [0.05, 0.1) is 29.7 Å². The number of fused-ring (bicyclic) bond motifs is 1. The van der Waals surface area contributed by atoms with Gasteiger partial charge < -0.3 is 19.5 Å². The fourth-order valence-electron chi connectivity index (χ4n) is 3.21. The second-order valence-corrected chi connectivity index (χ2v) is 6.73. The number of benzene rings is 2. The molecule has 7 heteroatoms. The van der Waals surface area contributed by atoms with Crippen molar-refractivity contribution in [2.24, 2.45) is 0 Å². The molecule has 0 unspecified atom stereocenters. The molecule has 0 bridgehead atoms. The van der Waals surface area contributed by atoms with Gasteiger partial charge in [0.25, 0.3) is 5.91 Å². The van der Waals surface area contributed by atoms with Gasteiger partial charge in [0.15, 0.2) is 11.5 Å². The van der Waals surface area contributed by atoms with E-state index >= 15 is 0 Å². The van der Waals surface area contributed by atoms with Crippen LogP contribution < -0.4 is 19.5 Å². The molecule has 0 saturated carbocycles. The molecule has 3 aromatic rings. The summed E-state index contributed by atoms with van der Waals surface area (Å²) in [4.78, 5) is 12.6. The third-order valence-corrected chi connectivity index (χ3v) is 4.73. The van der Waals surface area contributed by atoms with Crippen LogP contribution in [0.25, 0.3) is 5.69 Å². The van der Waals surface area contributed by atoms with Crippen molar-refractivity contribution in [1.82, 2.24) is 15.1 Å². The van der Waals surface area contributed by atoms with Gasteiger partial charge in [-0.2, -0.15) is 5.10 Å². The number of aromatic nitrogens is 2. The van der Waals surface area contributed by atoms with Crippen molar-refractivity contribution in [2.75, 3.05) is 19.9 Å². The van der Waals surface area contributed by atoms with Crippen molar-refractivity contribution in [3.8, 4) is 22.9 Å². The number of rotatable bonds is 7. The minimum absolute atomic E-state index is 0.158. The normalized spacial score (nSPS) is 12.1. The molecule has 0 aliphatic carbocycles. The highest BCUT2D eigenvalue weighted by atomic mass is 16.7. The smallest absolute Gasteiger partial charge is 0.254 e. The molecule has 29 heavy (non-hydrogen) atoms. The van der Waals surface area contributed by atoms with E-state index in [2.05, 4.69) is 10.4 Å². The summed E-state index contributed by atoms with van der Waals surface area (Å²) >= 11 is 0. The van der Waals surface area contributed by atoms with Gasteiger partial charge in [0.1, 0.15) is 12.4 Å². The Morgan fingerprint density at radius 3 is 2.76 bits per heavy atom. The molecule has 1 aliphatic rings. The molecular weight excluding hydrogens is 370 g/mol. The fraction of sp³-hybridized carbons (Fsp3) is 0.273. The summed E-state index contributed by atoms with van der Waals surface area (Å²) < 4.78 is 18.1. The van der Waals surface area contributed by atoms with Crippen molar-refractivity contribution >= 4 is 5.91 Å². The van der Waals surface area contributed by atoms with Crippen LogP contribution in [-0.4, -0.2) is 35.6 Å². The second kappa shape index (κ2) is 8.26. The monoisotopic (exact) mass is 393 g/mol. The van der Waals surface area contributed by atoms with Crippen molar-refractivity contribution in [2.45, 2.75) is 20.3 Å². The number of carbonyl (C=O) groups is 1. The van der Waals surface area contributed by atoms with Crippen LogP contribution in [0.4, 0.5) is 0 Å². The summed E-state index contributed by atoms with van der Waals surface area (Å²) in [6, 6.07) is 13.5. The zero-order chi connectivity index (χ0) is 20.2. The first-order valence-corrected chi connectivity index (χ1v) is 9.60. The van der Waals surface area contributed by atoms with E-state index in [4.69, 9.17) is 14.2 Å². The van der Waals surface area contributed by atoms with Crippen molar-refractivity contribution in [1.29, 1.82) is 0 Å². The third-order valence-electron chi connectivity index (χ3n) is 4.73. The van der Waals surface area contributed by atoms with E-state index in [1.165, 1.54) is 5.56 Å². The maximum Gasteiger partial charge on any atom is 0.254 e. The van der Waals surface area contributed by atoms with E-state index in [9.17, 15) is 4.79 Å². The van der Waals surface area contributed by atoms with Gasteiger partial charge in [-0.3, -0.25) is 4.79 Å². The Hall–Kier alpha value is -3.48. The molecule has 1 aromatic heterocycles. The standard InChI is InChI=1S/C22H23N3O4/c1-3-19-18(13-24-25(19)16-6-4-15(2)5-7-16)22(26)23-10-11-27-17-8-9-20-21(12-17)29-14-28-20/h4-9,12-13H,3,10-11,14H2,1-2H3,(H,23,26). The predicted octanol–water partition coefficient (Wildman–Crippen LogP) is 3.28. The van der Waals surface area contributed by atoms with Crippen LogP contribution >= 0.6 is 0 Å². The van der Waals surface area contributed by atoms with Gasteiger partial charge in [-0.25, -0.2) is 4.68 Å². The first-order chi connectivity index (χ1) is 14.2. The highest BCUT2D eigenvalue weighted by Crippen LogP contribution is 2.35. The van der Waals surface area contributed by atoms with E-state index in [-0.39, 0.29) is 12.7 Å². The summed E-state index contributed by atoms with van der Waals surface area (Å²) in [5.41, 5.74) is 3.58. The van der Waals surface area contributed by atoms with Gasteiger partial charge in [0, 0.05) is 6.07 Å². The van der Waals surface area contributed by atoms with Crippen LogP contribution in [0, 0.1) is 6.92 Å². The van der Waals surface area contributed by atoms with Crippen LogP contribution in [0.3, 0.4) is 0 Å². The van der Waals surface area contributed by atoms with Gasteiger partial charge in [-0.1, -0.05) is 24.6 Å². The minimum Gasteiger partial charge on any atom is -0.492 e. The lowest BCUT2D eigenvalue weighted by Gasteiger charge is -2.10. The largest absolute Gasteiger partial charge is 0.492 e. The fourth-order valence-corrected chi connectivity index (χ4v) is 3.21. The molecule has 0 spiro atoms. The molecule has 0 atom stereocenters. The van der Waals surface area contributed by atoms with Crippen LogP contribution in [-0.2, 0) is 6.42 Å². The molecule has 0 radical (unpaired) electrons. The van der Waals surface area contributed by atoms with E-state index in [0.29, 0.717) is 42.4 Å². The molecule has 150 valence electrons. The van der Waals surface area contributed by atoms with Crippen molar-refractivity contribution in [3.05, 3.63) is 65.5 Å². The lowest BCUT2D eigenvalue weighted by Crippen LogP contribution is -2.28. The molecule has 1 N–H and O–H groups in total. The van der Waals surface area contributed by atoms with E-state index < -0.39 is 0 Å². The SMILES string of the molecule is CCc1c(C(=O)NCCOc2ccc3c(c2)OCO3)cnn1-c1ccc(C)cc1. The lowest BCUT2D eigenvalue weighted by molar-refractivity contribution is 0.0946. The Morgan fingerprint density at radius 1 is 1.17 bits per heavy atom. The molecule has 2 aromatic carbocycles. The zero-order valence-corrected chi connectivity index (χ0v) is 16.5. The van der Waals surface area contributed by atoms with Gasteiger partial charge in [-0.15, -0.1) is 0 Å². The predicted molar refractivity (Wildman–Crippen MR) is 108 cm³/mol. The molecule has 4 rings (SSSR count). The van der Waals surface area contributed by atoms with Crippen molar-refractivity contribution in [3.63, 3.8) is 0 Å². The Morgan fingerprint density at radius 2 is 1.97 bits per heavy atom. The molecule has 0 saturated heterocycles. The number of nitrogens with zero attached hydrogens (tertiary/aromatic N) is 2. The molecular formula is C22H23N3O4. The number of carbonyl (C=O) groups excluding carboxylic acids is 1. The molecule has 0 fully saturated rings. The molecule has 1 amide bonds. The summed E-state index contributed by atoms with van der Waals surface area (Å²) in [6.07, 6.45) is 2.32. The first-order valence-electron chi connectivity index (χ1n) is 9.60. The summed E-state index contributed by atoms with van der Waals surface area (Å²) in [6.45, 7) is 5.01. The summed E-state index contributed by atoms with van der Waals surface area (Å²) in [5, 5.41) is 7.31. The number of amides is 1. The average molecular weight is 393 g/mol. The van der Waals surface area contributed by atoms with E-state index in [1.807, 2.05) is 54.9 Å². The number of nitrogens with one attached hydrogen (secondary N) is 1. The molecule has 7 nitrogen and oxygen atoms in total. The molecule has 2 heterocycles. The maximum absolute atomic E-state index is 12.6. The number of hydrogen-bond acceptors (Lipinski definition) is 5. The Kier molecular flexibility index (Phi) is 5.37. The third kappa shape index (κ3) is 4.03. The van der Waals surface area contributed by atoms with Crippen LogP contribution in [0.15, 0.2) is 48.7 Å². The number of ether oxygens (including phenoxy) is 3. The van der Waals surface area contributed by atoms with E-state index in [0.717, 1.165) is 11.4 Å². The number of aryl methyl sites for hydroxylation is 1. The van der Waals surface area contributed by atoms with E-state index in [1.54, 1.807) is 12.3 Å². The quantitative estimate of drug-likeness (QED) is 0.624. The Labute approximate surface area is 169 Å². The van der Waals surface area contributed by atoms with Crippen LogP contribution in [0.1, 0.15) is 28.5 Å². The zero-order valence-electron chi connectivity index (χ0n) is 16.5. The van der Waals surface area contributed by atoms with Crippen molar-refractivity contribution < 1.29 is 19.0 Å². The Balaban J connectivity index is 1.35. The Bertz CT molecular complexity index is 1010. The minimum atomic E-state index is -0.158.